The lowest BCUT2D eigenvalue weighted by Gasteiger charge is -2.18. The molecule has 1 aliphatic rings. The van der Waals surface area contributed by atoms with Gasteiger partial charge in [0.05, 0.1) is 17.8 Å². The van der Waals surface area contributed by atoms with E-state index in [-0.39, 0.29) is 6.10 Å². The van der Waals surface area contributed by atoms with E-state index in [1.54, 1.807) is 6.20 Å². The van der Waals surface area contributed by atoms with Crippen LogP contribution in [-0.2, 0) is 4.74 Å². The molecule has 16 heavy (non-hydrogen) atoms. The van der Waals surface area contributed by atoms with Gasteiger partial charge in [-0.15, -0.1) is 0 Å². The van der Waals surface area contributed by atoms with Gasteiger partial charge in [0.2, 0.25) is 0 Å². The first-order valence-corrected chi connectivity index (χ1v) is 5.72. The van der Waals surface area contributed by atoms with Gasteiger partial charge in [-0.25, -0.2) is 0 Å². The van der Waals surface area contributed by atoms with Crippen molar-refractivity contribution in [3.63, 3.8) is 0 Å². The van der Waals surface area contributed by atoms with Crippen LogP contribution in [0.3, 0.4) is 0 Å². The molecule has 2 heterocycles. The maximum atomic E-state index is 5.62. The van der Waals surface area contributed by atoms with Crippen molar-refractivity contribution in [1.82, 2.24) is 4.98 Å². The summed E-state index contributed by atoms with van der Waals surface area (Å²) in [4.78, 5) is 4.49. The standard InChI is InChI=1S/C11H15N3OS/c1-7-8(4-6-15-7)14-9-3-2-5-13-10(9)11(12)16/h2-3,5,7-8,14H,4,6H2,1H3,(H2,12,16). The molecule has 1 aromatic rings. The number of anilines is 1. The topological polar surface area (TPSA) is 60.2 Å². The molecule has 4 nitrogen and oxygen atoms in total. The quantitative estimate of drug-likeness (QED) is 0.776. The van der Waals surface area contributed by atoms with Crippen LogP contribution in [0.15, 0.2) is 18.3 Å². The van der Waals surface area contributed by atoms with Gasteiger partial charge in [0.1, 0.15) is 10.7 Å². The summed E-state index contributed by atoms with van der Waals surface area (Å²) in [5, 5.41) is 3.39. The summed E-state index contributed by atoms with van der Waals surface area (Å²) in [5.41, 5.74) is 7.16. The van der Waals surface area contributed by atoms with Gasteiger partial charge < -0.3 is 15.8 Å². The van der Waals surface area contributed by atoms with E-state index in [0.29, 0.717) is 16.7 Å². The van der Waals surface area contributed by atoms with Crippen LogP contribution in [0.4, 0.5) is 5.69 Å². The molecule has 1 saturated heterocycles. The van der Waals surface area contributed by atoms with Gasteiger partial charge in [-0.2, -0.15) is 0 Å². The van der Waals surface area contributed by atoms with Crippen LogP contribution in [0.1, 0.15) is 19.0 Å². The van der Waals surface area contributed by atoms with Crippen LogP contribution < -0.4 is 11.1 Å². The second-order valence-corrected chi connectivity index (χ2v) is 4.32. The smallest absolute Gasteiger partial charge is 0.124 e. The largest absolute Gasteiger partial charge is 0.388 e. The molecule has 2 rings (SSSR count). The summed E-state index contributed by atoms with van der Waals surface area (Å²) < 4.78 is 5.49. The fourth-order valence-electron chi connectivity index (χ4n) is 1.84. The van der Waals surface area contributed by atoms with Crippen molar-refractivity contribution in [2.75, 3.05) is 11.9 Å². The van der Waals surface area contributed by atoms with Crippen LogP contribution in [0.25, 0.3) is 0 Å². The maximum Gasteiger partial charge on any atom is 0.124 e. The minimum absolute atomic E-state index is 0.208. The van der Waals surface area contributed by atoms with E-state index in [1.165, 1.54) is 0 Å². The first-order chi connectivity index (χ1) is 7.68. The molecule has 2 atom stereocenters. The van der Waals surface area contributed by atoms with Crippen molar-refractivity contribution in [1.29, 1.82) is 0 Å². The Kier molecular flexibility index (Phi) is 3.36. The Hall–Kier alpha value is -1.20. The molecule has 0 radical (unpaired) electrons. The maximum absolute atomic E-state index is 5.62. The highest BCUT2D eigenvalue weighted by molar-refractivity contribution is 7.80. The Morgan fingerprint density at radius 2 is 2.50 bits per heavy atom. The lowest BCUT2D eigenvalue weighted by molar-refractivity contribution is 0.121. The molecule has 1 aromatic heterocycles. The Labute approximate surface area is 100 Å². The summed E-state index contributed by atoms with van der Waals surface area (Å²) in [6.07, 6.45) is 2.89. The lowest BCUT2D eigenvalue weighted by Crippen LogP contribution is -2.28. The Balaban J connectivity index is 2.17. The van der Waals surface area contributed by atoms with Crippen molar-refractivity contribution in [3.05, 3.63) is 24.0 Å². The molecular weight excluding hydrogens is 222 g/mol. The van der Waals surface area contributed by atoms with E-state index in [2.05, 4.69) is 17.2 Å². The zero-order valence-electron chi connectivity index (χ0n) is 9.14. The summed E-state index contributed by atoms with van der Waals surface area (Å²) in [6, 6.07) is 4.11. The zero-order chi connectivity index (χ0) is 11.5. The fraction of sp³-hybridized carbons (Fsp3) is 0.455. The number of nitrogens with one attached hydrogen (secondary N) is 1. The Morgan fingerprint density at radius 3 is 3.12 bits per heavy atom. The summed E-state index contributed by atoms with van der Waals surface area (Å²) in [7, 11) is 0. The molecule has 1 fully saturated rings. The minimum Gasteiger partial charge on any atom is -0.388 e. The number of hydrogen-bond acceptors (Lipinski definition) is 4. The highest BCUT2D eigenvalue weighted by Gasteiger charge is 2.24. The average Bonchev–Trinajstić information content (AvgIpc) is 2.65. The molecule has 5 heteroatoms. The SMILES string of the molecule is CC1OCCC1Nc1cccnc1C(N)=S. The van der Waals surface area contributed by atoms with Crippen LogP contribution in [0.5, 0.6) is 0 Å². The number of hydrogen-bond donors (Lipinski definition) is 2. The highest BCUT2D eigenvalue weighted by Crippen LogP contribution is 2.20. The van der Waals surface area contributed by atoms with Crippen molar-refractivity contribution < 1.29 is 4.74 Å². The van der Waals surface area contributed by atoms with Crippen LogP contribution in [0, 0.1) is 0 Å². The lowest BCUT2D eigenvalue weighted by atomic mass is 10.1. The van der Waals surface area contributed by atoms with E-state index in [1.807, 2.05) is 12.1 Å². The van der Waals surface area contributed by atoms with Crippen LogP contribution in [-0.4, -0.2) is 28.7 Å². The van der Waals surface area contributed by atoms with E-state index in [9.17, 15) is 0 Å². The number of pyridine rings is 1. The van der Waals surface area contributed by atoms with Gasteiger partial charge in [0, 0.05) is 12.8 Å². The average molecular weight is 237 g/mol. The predicted molar refractivity (Wildman–Crippen MR) is 67.6 cm³/mol. The second-order valence-electron chi connectivity index (χ2n) is 3.88. The van der Waals surface area contributed by atoms with Crippen molar-refractivity contribution >= 4 is 22.9 Å². The van der Waals surface area contributed by atoms with Gasteiger partial charge in [-0.3, -0.25) is 4.98 Å². The van der Waals surface area contributed by atoms with Crippen LogP contribution >= 0.6 is 12.2 Å². The fourth-order valence-corrected chi connectivity index (χ4v) is 2.00. The Bertz CT molecular complexity index is 397. The first-order valence-electron chi connectivity index (χ1n) is 5.31. The monoisotopic (exact) mass is 237 g/mol. The molecule has 0 saturated carbocycles. The molecule has 0 amide bonds. The Morgan fingerprint density at radius 1 is 1.69 bits per heavy atom. The third-order valence-corrected chi connectivity index (χ3v) is 2.95. The molecule has 2 unspecified atom stereocenters. The predicted octanol–water partition coefficient (Wildman–Crippen LogP) is 1.31. The molecule has 0 spiro atoms. The molecule has 3 N–H and O–H groups in total. The van der Waals surface area contributed by atoms with Gasteiger partial charge in [-0.05, 0) is 25.5 Å². The molecule has 0 bridgehead atoms. The number of ether oxygens (including phenoxy) is 1. The normalized spacial score (nSPS) is 24.3. The van der Waals surface area contributed by atoms with Gasteiger partial charge in [-0.1, -0.05) is 12.2 Å². The van der Waals surface area contributed by atoms with Gasteiger partial charge in [0.25, 0.3) is 0 Å². The number of thiocarbonyl (C=S) groups is 1. The van der Waals surface area contributed by atoms with Gasteiger partial charge in [0.15, 0.2) is 0 Å². The highest BCUT2D eigenvalue weighted by atomic mass is 32.1. The molecule has 0 aliphatic carbocycles. The van der Waals surface area contributed by atoms with Crippen LogP contribution in [0.2, 0.25) is 0 Å². The number of aromatic nitrogens is 1. The first kappa shape index (κ1) is 11.3. The number of nitrogens with zero attached hydrogens (tertiary/aromatic N) is 1. The van der Waals surface area contributed by atoms with E-state index in [0.717, 1.165) is 18.7 Å². The third-order valence-electron chi connectivity index (χ3n) is 2.76. The van der Waals surface area contributed by atoms with E-state index < -0.39 is 0 Å². The number of nitrogens with two attached hydrogens (primary N) is 1. The summed E-state index contributed by atoms with van der Waals surface area (Å²) >= 11 is 4.96. The molecule has 1 aliphatic heterocycles. The summed E-state index contributed by atoms with van der Waals surface area (Å²) in [5.74, 6) is 0. The number of rotatable bonds is 3. The minimum atomic E-state index is 0.208. The van der Waals surface area contributed by atoms with Crippen molar-refractivity contribution in [3.8, 4) is 0 Å². The van der Waals surface area contributed by atoms with Crippen molar-refractivity contribution in [2.45, 2.75) is 25.5 Å². The molecule has 86 valence electrons. The second kappa shape index (κ2) is 4.76. The van der Waals surface area contributed by atoms with Gasteiger partial charge >= 0.3 is 0 Å². The van der Waals surface area contributed by atoms with E-state index in [4.69, 9.17) is 22.7 Å². The van der Waals surface area contributed by atoms with E-state index >= 15 is 0 Å². The van der Waals surface area contributed by atoms with Crippen molar-refractivity contribution in [2.24, 2.45) is 5.73 Å². The molecular formula is C11H15N3OS. The zero-order valence-corrected chi connectivity index (χ0v) is 9.96. The summed E-state index contributed by atoms with van der Waals surface area (Å²) in [6.45, 7) is 2.85. The molecule has 0 aromatic carbocycles. The third kappa shape index (κ3) is 2.31.